The van der Waals surface area contributed by atoms with E-state index in [0.717, 1.165) is 6.54 Å². The molecule has 0 atom stereocenters. The number of hydrogen-bond donors (Lipinski definition) is 1. The molecule has 66 valence electrons. The van der Waals surface area contributed by atoms with Crippen molar-refractivity contribution in [3.8, 4) is 0 Å². The van der Waals surface area contributed by atoms with Crippen LogP contribution >= 0.6 is 11.6 Å². The van der Waals surface area contributed by atoms with E-state index in [-0.39, 0.29) is 10.8 Å². The molecule has 0 fully saturated rings. The minimum atomic E-state index is -0.319. The van der Waals surface area contributed by atoms with Crippen molar-refractivity contribution < 1.29 is 4.39 Å². The summed E-state index contributed by atoms with van der Waals surface area (Å²) in [5.41, 5.74) is 0.615. The fourth-order valence-corrected chi connectivity index (χ4v) is 1.14. The van der Waals surface area contributed by atoms with Gasteiger partial charge in [-0.1, -0.05) is 30.7 Å². The highest BCUT2D eigenvalue weighted by atomic mass is 35.5. The Labute approximate surface area is 76.5 Å². The molecule has 1 rings (SSSR count). The van der Waals surface area contributed by atoms with Gasteiger partial charge in [0.15, 0.2) is 0 Å². The molecule has 0 aliphatic carbocycles. The van der Waals surface area contributed by atoms with Crippen LogP contribution in [0.4, 0.5) is 4.39 Å². The van der Waals surface area contributed by atoms with Crippen molar-refractivity contribution in [2.75, 3.05) is 6.54 Å². The van der Waals surface area contributed by atoms with Gasteiger partial charge in [-0.25, -0.2) is 4.39 Å². The van der Waals surface area contributed by atoms with E-state index in [9.17, 15) is 4.39 Å². The highest BCUT2D eigenvalue weighted by molar-refractivity contribution is 6.30. The molecule has 1 aromatic carbocycles. The summed E-state index contributed by atoms with van der Waals surface area (Å²) in [7, 11) is 0. The van der Waals surface area contributed by atoms with Crippen LogP contribution in [-0.4, -0.2) is 6.54 Å². The summed E-state index contributed by atoms with van der Waals surface area (Å²) < 4.78 is 13.2. The molecule has 0 radical (unpaired) electrons. The molecule has 0 spiro atoms. The van der Waals surface area contributed by atoms with Crippen molar-refractivity contribution in [1.29, 1.82) is 0 Å². The average Bonchev–Trinajstić information content (AvgIpc) is 2.08. The van der Waals surface area contributed by atoms with Crippen LogP contribution in [0.15, 0.2) is 18.2 Å². The first-order valence-electron chi connectivity index (χ1n) is 3.89. The van der Waals surface area contributed by atoms with Gasteiger partial charge in [0.25, 0.3) is 0 Å². The van der Waals surface area contributed by atoms with Gasteiger partial charge in [-0.2, -0.15) is 0 Å². The fourth-order valence-electron chi connectivity index (χ4n) is 0.945. The number of halogens is 2. The van der Waals surface area contributed by atoms with Gasteiger partial charge in [0.2, 0.25) is 0 Å². The van der Waals surface area contributed by atoms with E-state index in [1.54, 1.807) is 18.2 Å². The SMILES string of the molecule is CCNCc1cccc(Cl)c1F. The lowest BCUT2D eigenvalue weighted by Crippen LogP contribution is -2.12. The second kappa shape index (κ2) is 4.43. The molecule has 0 aliphatic heterocycles. The third-order valence-corrected chi connectivity index (χ3v) is 1.89. The normalized spacial score (nSPS) is 10.2. The lowest BCUT2D eigenvalue weighted by molar-refractivity contribution is 0.594. The Bertz CT molecular complexity index is 263. The van der Waals surface area contributed by atoms with Crippen molar-refractivity contribution in [3.63, 3.8) is 0 Å². The zero-order valence-corrected chi connectivity index (χ0v) is 7.66. The molecule has 3 heteroatoms. The Morgan fingerprint density at radius 1 is 1.50 bits per heavy atom. The number of hydrogen-bond acceptors (Lipinski definition) is 1. The van der Waals surface area contributed by atoms with Gasteiger partial charge in [0, 0.05) is 12.1 Å². The Balaban J connectivity index is 2.78. The quantitative estimate of drug-likeness (QED) is 0.767. The second-order valence-electron chi connectivity index (χ2n) is 2.49. The highest BCUT2D eigenvalue weighted by Gasteiger charge is 2.03. The van der Waals surface area contributed by atoms with Crippen molar-refractivity contribution in [2.45, 2.75) is 13.5 Å². The minimum absolute atomic E-state index is 0.186. The summed E-state index contributed by atoms with van der Waals surface area (Å²) in [5, 5.41) is 3.22. The number of benzene rings is 1. The van der Waals surface area contributed by atoms with Crippen LogP contribution < -0.4 is 5.32 Å². The van der Waals surface area contributed by atoms with Crippen molar-refractivity contribution in [2.24, 2.45) is 0 Å². The van der Waals surface area contributed by atoms with Crippen molar-refractivity contribution in [1.82, 2.24) is 5.32 Å². The van der Waals surface area contributed by atoms with Gasteiger partial charge < -0.3 is 5.32 Å². The minimum Gasteiger partial charge on any atom is -0.313 e. The molecule has 0 saturated carbocycles. The smallest absolute Gasteiger partial charge is 0.146 e. The number of nitrogens with one attached hydrogen (secondary N) is 1. The van der Waals surface area contributed by atoms with Gasteiger partial charge in [-0.15, -0.1) is 0 Å². The van der Waals surface area contributed by atoms with E-state index in [1.807, 2.05) is 6.92 Å². The molecular formula is C9H11ClFN. The third-order valence-electron chi connectivity index (χ3n) is 1.60. The van der Waals surface area contributed by atoms with E-state index < -0.39 is 0 Å². The molecule has 12 heavy (non-hydrogen) atoms. The van der Waals surface area contributed by atoms with Gasteiger partial charge in [-0.3, -0.25) is 0 Å². The van der Waals surface area contributed by atoms with Crippen LogP contribution in [0.2, 0.25) is 5.02 Å². The molecule has 1 N–H and O–H groups in total. The Morgan fingerprint density at radius 2 is 2.25 bits per heavy atom. The van der Waals surface area contributed by atoms with Gasteiger partial charge in [-0.05, 0) is 12.6 Å². The number of rotatable bonds is 3. The summed E-state index contributed by atoms with van der Waals surface area (Å²) in [6.07, 6.45) is 0. The highest BCUT2D eigenvalue weighted by Crippen LogP contribution is 2.17. The molecule has 1 nitrogen and oxygen atoms in total. The van der Waals surface area contributed by atoms with E-state index in [0.29, 0.717) is 12.1 Å². The van der Waals surface area contributed by atoms with Crippen molar-refractivity contribution >= 4 is 11.6 Å². The monoisotopic (exact) mass is 187 g/mol. The first kappa shape index (κ1) is 9.49. The summed E-state index contributed by atoms with van der Waals surface area (Å²) in [4.78, 5) is 0. The predicted octanol–water partition coefficient (Wildman–Crippen LogP) is 2.59. The third kappa shape index (κ3) is 2.19. The largest absolute Gasteiger partial charge is 0.313 e. The molecule has 0 amide bonds. The van der Waals surface area contributed by atoms with E-state index in [4.69, 9.17) is 11.6 Å². The topological polar surface area (TPSA) is 12.0 Å². The lowest BCUT2D eigenvalue weighted by atomic mass is 10.2. The molecule has 0 aliphatic rings. The summed E-state index contributed by atoms with van der Waals surface area (Å²) >= 11 is 5.59. The van der Waals surface area contributed by atoms with Crippen LogP contribution in [0.3, 0.4) is 0 Å². The predicted molar refractivity (Wildman–Crippen MR) is 48.8 cm³/mol. The first-order valence-corrected chi connectivity index (χ1v) is 4.27. The molecule has 0 bridgehead atoms. The van der Waals surface area contributed by atoms with Crippen LogP contribution in [-0.2, 0) is 6.54 Å². The molecule has 0 aromatic heterocycles. The van der Waals surface area contributed by atoms with Gasteiger partial charge >= 0.3 is 0 Å². The molecule has 0 unspecified atom stereocenters. The van der Waals surface area contributed by atoms with Crippen LogP contribution in [0.1, 0.15) is 12.5 Å². The van der Waals surface area contributed by atoms with E-state index >= 15 is 0 Å². The zero-order chi connectivity index (χ0) is 8.97. The molecule has 1 aromatic rings. The van der Waals surface area contributed by atoms with Crippen LogP contribution in [0, 0.1) is 5.82 Å². The molecule has 0 saturated heterocycles. The maximum absolute atomic E-state index is 13.2. The Kier molecular flexibility index (Phi) is 3.50. The van der Waals surface area contributed by atoms with Gasteiger partial charge in [0.05, 0.1) is 5.02 Å². The summed E-state index contributed by atoms with van der Waals surface area (Å²) in [6.45, 7) is 3.33. The molecular weight excluding hydrogens is 177 g/mol. The Morgan fingerprint density at radius 3 is 2.92 bits per heavy atom. The van der Waals surface area contributed by atoms with Crippen molar-refractivity contribution in [3.05, 3.63) is 34.6 Å². The zero-order valence-electron chi connectivity index (χ0n) is 6.90. The Hall–Kier alpha value is -0.600. The van der Waals surface area contributed by atoms with Gasteiger partial charge in [0.1, 0.15) is 5.82 Å². The average molecular weight is 188 g/mol. The second-order valence-corrected chi connectivity index (χ2v) is 2.90. The lowest BCUT2D eigenvalue weighted by Gasteiger charge is -2.03. The van der Waals surface area contributed by atoms with E-state index in [2.05, 4.69) is 5.32 Å². The maximum Gasteiger partial charge on any atom is 0.146 e. The van der Waals surface area contributed by atoms with E-state index in [1.165, 1.54) is 0 Å². The first-order chi connectivity index (χ1) is 5.75. The molecule has 0 heterocycles. The standard InChI is InChI=1S/C9H11ClFN/c1-2-12-6-7-4-3-5-8(10)9(7)11/h3-5,12H,2,6H2,1H3. The summed E-state index contributed by atoms with van der Waals surface area (Å²) in [6, 6.07) is 5.02. The van der Waals surface area contributed by atoms with Crippen LogP contribution in [0.25, 0.3) is 0 Å². The summed E-state index contributed by atoms with van der Waals surface area (Å²) in [5.74, 6) is -0.319. The fraction of sp³-hybridized carbons (Fsp3) is 0.333. The van der Waals surface area contributed by atoms with Crippen LogP contribution in [0.5, 0.6) is 0 Å². The maximum atomic E-state index is 13.2.